The van der Waals surface area contributed by atoms with Crippen molar-refractivity contribution in [1.82, 2.24) is 9.80 Å². The number of nitrogens with zero attached hydrogens (tertiary/aromatic N) is 2. The lowest BCUT2D eigenvalue weighted by Gasteiger charge is -2.40. The molecule has 0 aromatic heterocycles. The van der Waals surface area contributed by atoms with Gasteiger partial charge in [0.15, 0.2) is 6.61 Å². The standard InChI is InChI=1S/C18H24Cl2N2O2/c19-14-6-7-17(16(20)12-14)24-13-18(23)22-10-8-21(9-11-22)15-4-2-1-3-5-15/h6-7,12,15H,1-5,8-11,13H2. The van der Waals surface area contributed by atoms with Gasteiger partial charge in [-0.2, -0.15) is 0 Å². The van der Waals surface area contributed by atoms with Crippen molar-refractivity contribution in [3.8, 4) is 5.75 Å². The van der Waals surface area contributed by atoms with E-state index < -0.39 is 0 Å². The second-order valence-corrected chi connectivity index (χ2v) is 7.42. The van der Waals surface area contributed by atoms with Gasteiger partial charge in [-0.25, -0.2) is 0 Å². The molecule has 6 heteroatoms. The van der Waals surface area contributed by atoms with Gasteiger partial charge in [0.1, 0.15) is 5.75 Å². The molecule has 0 N–H and O–H groups in total. The van der Waals surface area contributed by atoms with E-state index >= 15 is 0 Å². The highest BCUT2D eigenvalue weighted by molar-refractivity contribution is 6.35. The fourth-order valence-corrected chi connectivity index (χ4v) is 4.07. The first-order valence-corrected chi connectivity index (χ1v) is 9.49. The summed E-state index contributed by atoms with van der Waals surface area (Å²) in [5.74, 6) is 0.513. The van der Waals surface area contributed by atoms with E-state index in [-0.39, 0.29) is 12.5 Å². The van der Waals surface area contributed by atoms with Crippen molar-refractivity contribution >= 4 is 29.1 Å². The van der Waals surface area contributed by atoms with Gasteiger partial charge in [0.05, 0.1) is 5.02 Å². The number of hydrogen-bond acceptors (Lipinski definition) is 3. The summed E-state index contributed by atoms with van der Waals surface area (Å²) in [6.07, 6.45) is 6.69. The average Bonchev–Trinajstić information content (AvgIpc) is 2.62. The predicted octanol–water partition coefficient (Wildman–Crippen LogP) is 3.85. The van der Waals surface area contributed by atoms with Gasteiger partial charge in [0, 0.05) is 37.2 Å². The van der Waals surface area contributed by atoms with Crippen LogP contribution >= 0.6 is 23.2 Å². The molecule has 4 nitrogen and oxygen atoms in total. The van der Waals surface area contributed by atoms with Gasteiger partial charge < -0.3 is 9.64 Å². The number of piperazine rings is 1. The smallest absolute Gasteiger partial charge is 0.260 e. The van der Waals surface area contributed by atoms with E-state index in [1.165, 1.54) is 32.1 Å². The number of carbonyl (C=O) groups excluding carboxylic acids is 1. The van der Waals surface area contributed by atoms with Crippen molar-refractivity contribution in [2.45, 2.75) is 38.1 Å². The van der Waals surface area contributed by atoms with Crippen LogP contribution in [-0.4, -0.2) is 54.5 Å². The fourth-order valence-electron chi connectivity index (χ4n) is 3.61. The third-order valence-electron chi connectivity index (χ3n) is 5.00. The summed E-state index contributed by atoms with van der Waals surface area (Å²) >= 11 is 11.9. The molecular weight excluding hydrogens is 347 g/mol. The zero-order valence-electron chi connectivity index (χ0n) is 13.8. The average molecular weight is 371 g/mol. The molecule has 132 valence electrons. The van der Waals surface area contributed by atoms with Crippen LogP contribution in [0.3, 0.4) is 0 Å². The normalized spacial score (nSPS) is 20.2. The van der Waals surface area contributed by atoms with Crippen molar-refractivity contribution in [1.29, 1.82) is 0 Å². The summed E-state index contributed by atoms with van der Waals surface area (Å²) in [6.45, 7) is 3.53. The number of benzene rings is 1. The number of carbonyl (C=O) groups is 1. The third-order valence-corrected chi connectivity index (χ3v) is 5.53. The Labute approximate surface area is 153 Å². The minimum atomic E-state index is 0.0179. The molecule has 24 heavy (non-hydrogen) atoms. The van der Waals surface area contributed by atoms with Gasteiger partial charge in [0.2, 0.25) is 0 Å². The maximum Gasteiger partial charge on any atom is 0.260 e. The summed E-state index contributed by atoms with van der Waals surface area (Å²) < 4.78 is 5.55. The van der Waals surface area contributed by atoms with Crippen molar-refractivity contribution in [3.05, 3.63) is 28.2 Å². The van der Waals surface area contributed by atoms with E-state index in [0.717, 1.165) is 32.2 Å². The molecule has 0 spiro atoms. The molecule has 0 bridgehead atoms. The number of rotatable bonds is 4. The van der Waals surface area contributed by atoms with Crippen molar-refractivity contribution in [2.75, 3.05) is 32.8 Å². The van der Waals surface area contributed by atoms with E-state index in [0.29, 0.717) is 15.8 Å². The highest BCUT2D eigenvalue weighted by Crippen LogP contribution is 2.27. The van der Waals surface area contributed by atoms with Crippen LogP contribution in [0.4, 0.5) is 0 Å². The molecule has 1 amide bonds. The molecule has 1 saturated carbocycles. The Bertz CT molecular complexity index is 568. The Morgan fingerprint density at radius 3 is 2.46 bits per heavy atom. The van der Waals surface area contributed by atoms with Crippen molar-refractivity contribution < 1.29 is 9.53 Å². The van der Waals surface area contributed by atoms with Gasteiger partial charge >= 0.3 is 0 Å². The zero-order valence-corrected chi connectivity index (χ0v) is 15.4. The Morgan fingerprint density at radius 2 is 1.79 bits per heavy atom. The molecule has 3 rings (SSSR count). The van der Waals surface area contributed by atoms with Crippen LogP contribution in [0.2, 0.25) is 10.0 Å². The molecule has 1 aromatic carbocycles. The first-order valence-electron chi connectivity index (χ1n) is 8.73. The van der Waals surface area contributed by atoms with Crippen LogP contribution in [0.25, 0.3) is 0 Å². The molecule has 0 radical (unpaired) electrons. The number of hydrogen-bond donors (Lipinski definition) is 0. The molecule has 1 aliphatic carbocycles. The molecule has 1 heterocycles. The van der Waals surface area contributed by atoms with Crippen LogP contribution in [0.1, 0.15) is 32.1 Å². The van der Waals surface area contributed by atoms with Crippen molar-refractivity contribution in [2.24, 2.45) is 0 Å². The Morgan fingerprint density at radius 1 is 1.08 bits per heavy atom. The van der Waals surface area contributed by atoms with Gasteiger partial charge in [0.25, 0.3) is 5.91 Å². The highest BCUT2D eigenvalue weighted by Gasteiger charge is 2.27. The van der Waals surface area contributed by atoms with Gasteiger partial charge in [-0.1, -0.05) is 42.5 Å². The monoisotopic (exact) mass is 370 g/mol. The molecule has 1 aliphatic heterocycles. The van der Waals surface area contributed by atoms with E-state index in [1.807, 2.05) is 4.90 Å². The van der Waals surface area contributed by atoms with Crippen LogP contribution < -0.4 is 4.74 Å². The lowest BCUT2D eigenvalue weighted by atomic mass is 9.94. The molecular formula is C18H24Cl2N2O2. The molecule has 2 aliphatic rings. The maximum absolute atomic E-state index is 12.3. The summed E-state index contributed by atoms with van der Waals surface area (Å²) in [5.41, 5.74) is 0. The van der Waals surface area contributed by atoms with Crippen LogP contribution in [-0.2, 0) is 4.79 Å². The minimum Gasteiger partial charge on any atom is -0.482 e. The maximum atomic E-state index is 12.3. The lowest BCUT2D eigenvalue weighted by Crippen LogP contribution is -2.53. The molecule has 1 aromatic rings. The second-order valence-electron chi connectivity index (χ2n) is 6.57. The van der Waals surface area contributed by atoms with E-state index in [4.69, 9.17) is 27.9 Å². The summed E-state index contributed by atoms with van der Waals surface area (Å²) in [4.78, 5) is 16.8. The topological polar surface area (TPSA) is 32.8 Å². The number of amides is 1. The lowest BCUT2D eigenvalue weighted by molar-refractivity contribution is -0.135. The van der Waals surface area contributed by atoms with E-state index in [2.05, 4.69) is 4.90 Å². The largest absolute Gasteiger partial charge is 0.482 e. The Balaban J connectivity index is 1.45. The molecule has 2 fully saturated rings. The van der Waals surface area contributed by atoms with Crippen LogP contribution in [0.5, 0.6) is 5.75 Å². The summed E-state index contributed by atoms with van der Waals surface area (Å²) in [5, 5.41) is 0.981. The SMILES string of the molecule is O=C(COc1ccc(Cl)cc1Cl)N1CCN(C2CCCCC2)CC1. The Kier molecular flexibility index (Phi) is 6.25. The van der Waals surface area contributed by atoms with Crippen molar-refractivity contribution in [3.63, 3.8) is 0 Å². The summed E-state index contributed by atoms with van der Waals surface area (Å²) in [7, 11) is 0. The third kappa shape index (κ3) is 4.56. The van der Waals surface area contributed by atoms with Crippen LogP contribution in [0.15, 0.2) is 18.2 Å². The van der Waals surface area contributed by atoms with E-state index in [9.17, 15) is 4.79 Å². The molecule has 1 saturated heterocycles. The highest BCUT2D eigenvalue weighted by atomic mass is 35.5. The minimum absolute atomic E-state index is 0.0179. The second kappa shape index (κ2) is 8.41. The predicted molar refractivity (Wildman–Crippen MR) is 97.0 cm³/mol. The molecule has 0 unspecified atom stereocenters. The first-order chi connectivity index (χ1) is 11.6. The fraction of sp³-hybridized carbons (Fsp3) is 0.611. The molecule has 0 atom stereocenters. The van der Waals surface area contributed by atoms with Gasteiger partial charge in [-0.15, -0.1) is 0 Å². The number of ether oxygens (including phenoxy) is 1. The van der Waals surface area contributed by atoms with Gasteiger partial charge in [-0.3, -0.25) is 9.69 Å². The first kappa shape index (κ1) is 17.8. The number of halogens is 2. The Hall–Kier alpha value is -0.970. The zero-order chi connectivity index (χ0) is 16.9. The van der Waals surface area contributed by atoms with E-state index in [1.54, 1.807) is 18.2 Å². The van der Waals surface area contributed by atoms with Gasteiger partial charge in [-0.05, 0) is 31.0 Å². The van der Waals surface area contributed by atoms with Crippen LogP contribution in [0, 0.1) is 0 Å². The quantitative estimate of drug-likeness (QED) is 0.806. The summed E-state index contributed by atoms with van der Waals surface area (Å²) in [6, 6.07) is 5.74.